The molecule has 0 bridgehead atoms. The van der Waals surface area contributed by atoms with Crippen LogP contribution in [-0.2, 0) is 11.2 Å². The van der Waals surface area contributed by atoms with Gasteiger partial charge in [0, 0.05) is 16.9 Å². The van der Waals surface area contributed by atoms with Crippen molar-refractivity contribution in [1.82, 2.24) is 5.32 Å². The molecule has 0 radical (unpaired) electrons. The highest BCUT2D eigenvalue weighted by Crippen LogP contribution is 2.30. The molecule has 0 fully saturated rings. The molecule has 7 N–H and O–H groups in total. The van der Waals surface area contributed by atoms with Crippen LogP contribution in [0.25, 0.3) is 10.4 Å². The van der Waals surface area contributed by atoms with Crippen LogP contribution in [-0.4, -0.2) is 29.1 Å². The highest BCUT2D eigenvalue weighted by molar-refractivity contribution is 7.13. The first-order chi connectivity index (χ1) is 14.3. The van der Waals surface area contributed by atoms with Crippen LogP contribution >= 0.6 is 11.3 Å². The summed E-state index contributed by atoms with van der Waals surface area (Å²) in [6, 6.07) is 14.8. The van der Waals surface area contributed by atoms with Crippen LogP contribution < -0.4 is 22.1 Å². The number of carboxylic acid groups (broad SMARTS) is 1. The van der Waals surface area contributed by atoms with Gasteiger partial charge in [-0.3, -0.25) is 9.59 Å². The van der Waals surface area contributed by atoms with Gasteiger partial charge in [0.05, 0.1) is 11.4 Å². The van der Waals surface area contributed by atoms with E-state index in [9.17, 15) is 14.4 Å². The zero-order valence-electron chi connectivity index (χ0n) is 15.8. The van der Waals surface area contributed by atoms with Gasteiger partial charge >= 0.3 is 6.09 Å². The molecule has 2 aromatic carbocycles. The number of thiophene rings is 1. The molecule has 9 heteroatoms. The van der Waals surface area contributed by atoms with E-state index in [2.05, 4.69) is 10.6 Å². The Morgan fingerprint density at radius 3 is 2.40 bits per heavy atom. The molecular formula is C21H20N4O4S. The summed E-state index contributed by atoms with van der Waals surface area (Å²) in [6.45, 7) is 0. The van der Waals surface area contributed by atoms with Gasteiger partial charge in [-0.2, -0.15) is 0 Å². The van der Waals surface area contributed by atoms with Gasteiger partial charge in [0.2, 0.25) is 5.91 Å². The van der Waals surface area contributed by atoms with Crippen molar-refractivity contribution in [2.24, 2.45) is 5.73 Å². The summed E-state index contributed by atoms with van der Waals surface area (Å²) >= 11 is 1.59. The average molecular weight is 424 g/mol. The van der Waals surface area contributed by atoms with E-state index >= 15 is 0 Å². The Morgan fingerprint density at radius 1 is 1.07 bits per heavy atom. The van der Waals surface area contributed by atoms with Crippen molar-refractivity contribution in [3.8, 4) is 10.4 Å². The zero-order valence-corrected chi connectivity index (χ0v) is 16.6. The third-order valence-electron chi connectivity index (χ3n) is 4.40. The lowest BCUT2D eigenvalue weighted by Crippen LogP contribution is -2.45. The maximum absolute atomic E-state index is 12.6. The third kappa shape index (κ3) is 5.15. The minimum Gasteiger partial charge on any atom is -0.465 e. The van der Waals surface area contributed by atoms with Gasteiger partial charge in [0.1, 0.15) is 6.04 Å². The number of nitrogen functional groups attached to an aromatic ring is 1. The molecule has 0 saturated carbocycles. The molecule has 8 nitrogen and oxygen atoms in total. The van der Waals surface area contributed by atoms with Crippen LogP contribution in [0.4, 0.5) is 16.2 Å². The van der Waals surface area contributed by atoms with E-state index in [4.69, 9.17) is 16.6 Å². The van der Waals surface area contributed by atoms with Crippen LogP contribution in [0, 0.1) is 0 Å². The number of hydrogen-bond acceptors (Lipinski definition) is 5. The number of benzene rings is 2. The second-order valence-electron chi connectivity index (χ2n) is 6.54. The summed E-state index contributed by atoms with van der Waals surface area (Å²) in [5, 5.41) is 15.6. The highest BCUT2D eigenvalue weighted by Gasteiger charge is 2.18. The van der Waals surface area contributed by atoms with Crippen molar-refractivity contribution >= 4 is 40.6 Å². The first-order valence-corrected chi connectivity index (χ1v) is 9.84. The Labute approximate surface area is 176 Å². The molecule has 0 aliphatic rings. The van der Waals surface area contributed by atoms with Crippen molar-refractivity contribution < 1.29 is 19.5 Å². The number of rotatable bonds is 7. The summed E-state index contributed by atoms with van der Waals surface area (Å²) in [5.74, 6) is -1.12. The second kappa shape index (κ2) is 9.10. The second-order valence-corrected chi connectivity index (χ2v) is 7.49. The molecule has 154 valence electrons. The highest BCUT2D eigenvalue weighted by atomic mass is 32.1. The lowest BCUT2D eigenvalue weighted by Gasteiger charge is -2.14. The number of nitrogens with two attached hydrogens (primary N) is 2. The normalized spacial score (nSPS) is 11.5. The first-order valence-electron chi connectivity index (χ1n) is 8.96. The fraction of sp³-hybridized carbons (Fsp3) is 0.0952. The topological polar surface area (TPSA) is 148 Å². The molecular weight excluding hydrogens is 404 g/mol. The Hall–Kier alpha value is -3.85. The number of primary amides is 1. The molecule has 3 rings (SSSR count). The number of carbonyl (C=O) groups is 3. The van der Waals surface area contributed by atoms with Crippen LogP contribution in [0.1, 0.15) is 15.9 Å². The van der Waals surface area contributed by atoms with Crippen LogP contribution in [0.2, 0.25) is 0 Å². The SMILES string of the molecule is NC(=O)[C@H](Cc1ccc(C(=O)Nc2cc(-c3cccs3)ccc2N)cc1)NC(=O)O. The van der Waals surface area contributed by atoms with E-state index < -0.39 is 18.0 Å². The van der Waals surface area contributed by atoms with E-state index in [1.54, 1.807) is 41.7 Å². The number of nitrogens with one attached hydrogen (secondary N) is 2. The summed E-state index contributed by atoms with van der Waals surface area (Å²) in [6.07, 6.45) is -1.25. The standard InChI is InChI=1S/C21H20N4O4S/c22-15-8-7-14(18-2-1-9-30-18)11-16(15)24-20(27)13-5-3-12(4-6-13)10-17(19(23)26)25-21(28)29/h1-9,11,17,25H,10,22H2,(H2,23,26)(H,24,27)(H,28,29)/t17-/m0/s1. The number of amides is 3. The van der Waals surface area contributed by atoms with Crippen molar-refractivity contribution in [2.75, 3.05) is 11.1 Å². The van der Waals surface area contributed by atoms with Gasteiger partial charge < -0.3 is 27.2 Å². The van der Waals surface area contributed by atoms with Gasteiger partial charge in [-0.15, -0.1) is 11.3 Å². The van der Waals surface area contributed by atoms with Gasteiger partial charge in [0.15, 0.2) is 0 Å². The molecule has 0 aliphatic carbocycles. The van der Waals surface area contributed by atoms with Crippen LogP contribution in [0.3, 0.4) is 0 Å². The molecule has 3 aromatic rings. The Bertz CT molecular complexity index is 1070. The van der Waals surface area contributed by atoms with Gasteiger partial charge in [-0.1, -0.05) is 24.3 Å². The van der Waals surface area contributed by atoms with Crippen molar-refractivity contribution in [1.29, 1.82) is 0 Å². The maximum atomic E-state index is 12.6. The molecule has 1 heterocycles. The summed E-state index contributed by atoms with van der Waals surface area (Å²) in [7, 11) is 0. The molecule has 0 saturated heterocycles. The average Bonchev–Trinajstić information content (AvgIpc) is 3.24. The number of hydrogen-bond donors (Lipinski definition) is 5. The van der Waals surface area contributed by atoms with E-state index in [1.807, 2.05) is 29.6 Å². The van der Waals surface area contributed by atoms with Gasteiger partial charge in [-0.05, 0) is 46.8 Å². The van der Waals surface area contributed by atoms with E-state index in [-0.39, 0.29) is 12.3 Å². The van der Waals surface area contributed by atoms with E-state index in [0.717, 1.165) is 10.4 Å². The molecule has 3 amide bonds. The Balaban J connectivity index is 1.71. The quantitative estimate of drug-likeness (QED) is 0.370. The molecule has 1 atom stereocenters. The molecule has 0 unspecified atom stereocenters. The minimum atomic E-state index is -1.34. The predicted octanol–water partition coefficient (Wildman–Crippen LogP) is 2.91. The third-order valence-corrected chi connectivity index (χ3v) is 5.32. The zero-order chi connectivity index (χ0) is 21.7. The van der Waals surface area contributed by atoms with Gasteiger partial charge in [0.25, 0.3) is 5.91 Å². The number of carbonyl (C=O) groups excluding carboxylic acids is 2. The first kappa shape index (κ1) is 20.9. The smallest absolute Gasteiger partial charge is 0.405 e. The van der Waals surface area contributed by atoms with Crippen molar-refractivity contribution in [3.63, 3.8) is 0 Å². The Morgan fingerprint density at radius 2 is 1.80 bits per heavy atom. The van der Waals surface area contributed by atoms with E-state index in [0.29, 0.717) is 22.5 Å². The van der Waals surface area contributed by atoms with Crippen molar-refractivity contribution in [3.05, 3.63) is 71.1 Å². The number of anilines is 2. The Kier molecular flexibility index (Phi) is 6.33. The monoisotopic (exact) mass is 424 g/mol. The van der Waals surface area contributed by atoms with Crippen LogP contribution in [0.5, 0.6) is 0 Å². The van der Waals surface area contributed by atoms with Crippen LogP contribution in [0.15, 0.2) is 60.0 Å². The summed E-state index contributed by atoms with van der Waals surface area (Å²) in [5.41, 5.74) is 14.2. The molecule has 1 aromatic heterocycles. The lowest BCUT2D eigenvalue weighted by atomic mass is 10.0. The summed E-state index contributed by atoms with van der Waals surface area (Å²) in [4.78, 5) is 35.8. The van der Waals surface area contributed by atoms with Crippen molar-refractivity contribution in [2.45, 2.75) is 12.5 Å². The predicted molar refractivity (Wildman–Crippen MR) is 116 cm³/mol. The van der Waals surface area contributed by atoms with Gasteiger partial charge in [-0.25, -0.2) is 4.79 Å². The lowest BCUT2D eigenvalue weighted by molar-refractivity contribution is -0.119. The fourth-order valence-electron chi connectivity index (χ4n) is 2.85. The maximum Gasteiger partial charge on any atom is 0.405 e. The summed E-state index contributed by atoms with van der Waals surface area (Å²) < 4.78 is 0. The largest absolute Gasteiger partial charge is 0.465 e. The molecule has 0 spiro atoms. The van der Waals surface area contributed by atoms with E-state index in [1.165, 1.54) is 0 Å². The molecule has 30 heavy (non-hydrogen) atoms. The molecule has 0 aliphatic heterocycles. The fourth-order valence-corrected chi connectivity index (χ4v) is 3.58. The minimum absolute atomic E-state index is 0.0827.